The van der Waals surface area contributed by atoms with Crippen LogP contribution < -0.4 is 11.5 Å². The molecule has 0 saturated carbocycles. The minimum absolute atomic E-state index is 0. The number of nitrogens with zero attached hydrogens (tertiary/aromatic N) is 5. The highest BCUT2D eigenvalue weighted by atomic mass is 35.5. The maximum atomic E-state index is 5.31. The van der Waals surface area contributed by atoms with Crippen LogP contribution in [0.15, 0.2) is 34.6 Å². The molecule has 0 aliphatic carbocycles. The summed E-state index contributed by atoms with van der Waals surface area (Å²) >= 11 is 1.63. The van der Waals surface area contributed by atoms with Crippen LogP contribution in [-0.4, -0.2) is 26.5 Å². The Kier molecular flexibility index (Phi) is 6.70. The lowest BCUT2D eigenvalue weighted by atomic mass is 10.2. The lowest BCUT2D eigenvalue weighted by molar-refractivity contribution is 1.09. The maximum absolute atomic E-state index is 5.31. The van der Waals surface area contributed by atoms with E-state index in [9.17, 15) is 0 Å². The zero-order chi connectivity index (χ0) is 15.7. The van der Waals surface area contributed by atoms with Crippen LogP contribution in [0.4, 0.5) is 0 Å². The summed E-state index contributed by atoms with van der Waals surface area (Å²) in [5.74, 6) is -0.0883. The number of aryl methyl sites for hydroxylation is 2. The van der Waals surface area contributed by atoms with Gasteiger partial charge in [0.05, 0.1) is 17.6 Å². The van der Waals surface area contributed by atoms with E-state index in [1.165, 1.54) is 4.88 Å². The fourth-order valence-electron chi connectivity index (χ4n) is 2.13. The highest BCUT2D eigenvalue weighted by Crippen LogP contribution is 2.28. The van der Waals surface area contributed by atoms with Gasteiger partial charge in [-0.05, 0) is 26.0 Å². The normalized spacial score (nSPS) is 10.4. The third-order valence-corrected chi connectivity index (χ3v) is 4.29. The van der Waals surface area contributed by atoms with Crippen molar-refractivity contribution in [1.29, 1.82) is 0 Å². The number of pyridine rings is 1. The Balaban J connectivity index is 0.00000144. The molecule has 7 nitrogen and oxygen atoms in total. The molecule has 0 amide bonds. The zero-order valence-corrected chi connectivity index (χ0v) is 15.5. The van der Waals surface area contributed by atoms with Gasteiger partial charge < -0.3 is 11.5 Å². The van der Waals surface area contributed by atoms with Crippen LogP contribution in [0, 0.1) is 13.8 Å². The molecule has 0 spiro atoms. The summed E-state index contributed by atoms with van der Waals surface area (Å²) < 4.78 is 2.04. The Morgan fingerprint density at radius 2 is 2.00 bits per heavy atom. The average molecular weight is 386 g/mol. The van der Waals surface area contributed by atoms with Gasteiger partial charge in [-0.1, -0.05) is 6.07 Å². The quantitative estimate of drug-likeness (QED) is 0.410. The highest BCUT2D eigenvalue weighted by Gasteiger charge is 2.17. The highest BCUT2D eigenvalue weighted by molar-refractivity contribution is 7.17. The second-order valence-corrected chi connectivity index (χ2v) is 5.87. The van der Waals surface area contributed by atoms with Gasteiger partial charge in [0.15, 0.2) is 4.96 Å². The standard InChI is InChI=1S/C14H15N7S.2ClH/c1-8-9(2)22-14-19-12(10-5-3-4-6-17-10)11(21(8)14)7-18-20-13(15)16;;/h3-7H,1-2H3,(H4,15,16,20);2*1H/b18-7+;;. The maximum Gasteiger partial charge on any atom is 0.211 e. The van der Waals surface area contributed by atoms with Crippen molar-refractivity contribution in [2.45, 2.75) is 13.8 Å². The summed E-state index contributed by atoms with van der Waals surface area (Å²) in [5.41, 5.74) is 14.1. The smallest absolute Gasteiger partial charge is 0.211 e. The van der Waals surface area contributed by atoms with Crippen molar-refractivity contribution in [3.63, 3.8) is 0 Å². The lowest BCUT2D eigenvalue weighted by Gasteiger charge is -2.00. The van der Waals surface area contributed by atoms with Gasteiger partial charge in [-0.25, -0.2) is 4.98 Å². The Labute approximate surface area is 155 Å². The number of fused-ring (bicyclic) bond motifs is 1. The molecule has 4 N–H and O–H groups in total. The third-order valence-electron chi connectivity index (χ3n) is 3.23. The fraction of sp³-hybridized carbons (Fsp3) is 0.143. The average Bonchev–Trinajstić information content (AvgIpc) is 2.98. The molecule has 0 unspecified atom stereocenters. The molecule has 0 fully saturated rings. The van der Waals surface area contributed by atoms with Crippen LogP contribution >= 0.6 is 36.2 Å². The summed E-state index contributed by atoms with van der Waals surface area (Å²) in [6.07, 6.45) is 3.33. The Hall–Kier alpha value is -2.16. The molecule has 3 rings (SSSR count). The fourth-order valence-corrected chi connectivity index (χ4v) is 3.11. The minimum Gasteiger partial charge on any atom is -0.369 e. The predicted molar refractivity (Wildman–Crippen MR) is 104 cm³/mol. The number of guanidine groups is 1. The monoisotopic (exact) mass is 385 g/mol. The van der Waals surface area contributed by atoms with Gasteiger partial charge in [-0.3, -0.25) is 9.38 Å². The zero-order valence-electron chi connectivity index (χ0n) is 13.0. The molecule has 0 saturated heterocycles. The number of imidazole rings is 1. The molecule has 3 heterocycles. The molecule has 0 aromatic carbocycles. The third kappa shape index (κ3) is 3.66. The summed E-state index contributed by atoms with van der Waals surface area (Å²) in [6, 6.07) is 5.70. The summed E-state index contributed by atoms with van der Waals surface area (Å²) in [4.78, 5) is 11.1. The van der Waals surface area contributed by atoms with Crippen molar-refractivity contribution >= 4 is 53.3 Å². The molecule has 0 bridgehead atoms. The number of rotatable bonds is 3. The van der Waals surface area contributed by atoms with Gasteiger partial charge >= 0.3 is 0 Å². The molecule has 3 aromatic rings. The Morgan fingerprint density at radius 3 is 2.62 bits per heavy atom. The van der Waals surface area contributed by atoms with E-state index in [0.29, 0.717) is 0 Å². The van der Waals surface area contributed by atoms with Crippen molar-refractivity contribution in [2.24, 2.45) is 21.7 Å². The first-order valence-electron chi connectivity index (χ1n) is 6.59. The van der Waals surface area contributed by atoms with Crippen molar-refractivity contribution < 1.29 is 0 Å². The first-order chi connectivity index (χ1) is 10.6. The number of nitrogens with two attached hydrogens (primary N) is 2. The van der Waals surface area contributed by atoms with Crippen molar-refractivity contribution in [1.82, 2.24) is 14.4 Å². The second kappa shape index (κ2) is 8.09. The first kappa shape index (κ1) is 19.9. The summed E-state index contributed by atoms with van der Waals surface area (Å²) in [7, 11) is 0. The number of thiazole rings is 1. The Morgan fingerprint density at radius 1 is 1.25 bits per heavy atom. The SMILES string of the molecule is Cc1sc2nc(-c3ccccn3)c(/C=N/N=C(N)N)n2c1C.Cl.Cl. The van der Waals surface area contributed by atoms with Gasteiger partial charge in [0.25, 0.3) is 0 Å². The van der Waals surface area contributed by atoms with Gasteiger partial charge in [0.2, 0.25) is 5.96 Å². The molecule has 128 valence electrons. The predicted octanol–water partition coefficient (Wildman–Crippen LogP) is 2.53. The van der Waals surface area contributed by atoms with Crippen LogP contribution in [0.1, 0.15) is 16.3 Å². The molecule has 0 aliphatic rings. The molecule has 3 aromatic heterocycles. The minimum atomic E-state index is -0.0883. The van der Waals surface area contributed by atoms with Gasteiger partial charge in [0, 0.05) is 16.8 Å². The molecule has 0 atom stereocenters. The summed E-state index contributed by atoms with van der Waals surface area (Å²) in [6.45, 7) is 4.10. The van der Waals surface area contributed by atoms with Crippen molar-refractivity contribution in [2.75, 3.05) is 0 Å². The van der Waals surface area contributed by atoms with E-state index >= 15 is 0 Å². The van der Waals surface area contributed by atoms with Crippen LogP contribution in [0.5, 0.6) is 0 Å². The van der Waals surface area contributed by atoms with Crippen molar-refractivity contribution in [3.8, 4) is 11.4 Å². The van der Waals surface area contributed by atoms with Gasteiger partial charge in [-0.2, -0.15) is 5.10 Å². The van der Waals surface area contributed by atoms with Gasteiger partial charge in [-0.15, -0.1) is 41.3 Å². The van der Waals surface area contributed by atoms with E-state index < -0.39 is 0 Å². The van der Waals surface area contributed by atoms with Crippen LogP contribution in [-0.2, 0) is 0 Å². The molecule has 24 heavy (non-hydrogen) atoms. The number of hydrogen-bond acceptors (Lipinski definition) is 5. The topological polar surface area (TPSA) is 107 Å². The largest absolute Gasteiger partial charge is 0.369 e. The number of aromatic nitrogens is 3. The van der Waals surface area contributed by atoms with Crippen LogP contribution in [0.3, 0.4) is 0 Å². The molecule has 0 radical (unpaired) electrons. The number of halogens is 2. The molecule has 10 heteroatoms. The van der Waals surface area contributed by atoms with Gasteiger partial charge in [0.1, 0.15) is 5.69 Å². The second-order valence-electron chi connectivity index (χ2n) is 4.69. The molecule has 0 aliphatic heterocycles. The lowest BCUT2D eigenvalue weighted by Crippen LogP contribution is -2.21. The van der Waals surface area contributed by atoms with E-state index in [0.717, 1.165) is 27.7 Å². The van der Waals surface area contributed by atoms with E-state index in [4.69, 9.17) is 11.5 Å². The van der Waals surface area contributed by atoms with Crippen LogP contribution in [0.2, 0.25) is 0 Å². The van der Waals surface area contributed by atoms with Crippen molar-refractivity contribution in [3.05, 3.63) is 40.7 Å². The number of hydrogen-bond donors (Lipinski definition) is 2. The first-order valence-corrected chi connectivity index (χ1v) is 7.41. The van der Waals surface area contributed by atoms with Crippen LogP contribution in [0.25, 0.3) is 16.3 Å². The van der Waals surface area contributed by atoms with E-state index in [-0.39, 0.29) is 30.8 Å². The van der Waals surface area contributed by atoms with E-state index in [2.05, 4.69) is 27.1 Å². The van der Waals surface area contributed by atoms with E-state index in [1.54, 1.807) is 23.7 Å². The molecular formula is C14H17Cl2N7S. The van der Waals surface area contributed by atoms with E-state index in [1.807, 2.05) is 29.5 Å². The Bertz CT molecular complexity index is 880. The molecular weight excluding hydrogens is 369 g/mol. The summed E-state index contributed by atoms with van der Waals surface area (Å²) in [5, 5.41) is 7.59.